The summed E-state index contributed by atoms with van der Waals surface area (Å²) in [5.74, 6) is 0.417. The number of nitrogens with zero attached hydrogens (tertiary/aromatic N) is 4. The average molecular weight is 454 g/mol. The molecule has 1 amide bonds. The quantitative estimate of drug-likeness (QED) is 0.388. The molecular weight excluding hydrogens is 426 g/mol. The molecule has 0 saturated carbocycles. The number of anilines is 2. The second-order valence-electron chi connectivity index (χ2n) is 7.13. The Labute approximate surface area is 192 Å². The van der Waals surface area contributed by atoms with Crippen molar-refractivity contribution >= 4 is 35.0 Å². The molecular formula is C23H27N5O3S. The molecule has 0 radical (unpaired) electrons. The van der Waals surface area contributed by atoms with Crippen molar-refractivity contribution < 1.29 is 14.3 Å². The first-order valence-electron chi connectivity index (χ1n) is 10.3. The highest BCUT2D eigenvalue weighted by Crippen LogP contribution is 2.25. The largest absolute Gasteiger partial charge is 0.462 e. The molecule has 0 aliphatic carbocycles. The van der Waals surface area contributed by atoms with E-state index in [0.717, 1.165) is 17.1 Å². The van der Waals surface area contributed by atoms with Gasteiger partial charge >= 0.3 is 5.97 Å². The van der Waals surface area contributed by atoms with Crippen molar-refractivity contribution in [1.82, 2.24) is 14.8 Å². The first kappa shape index (κ1) is 23.3. The van der Waals surface area contributed by atoms with Crippen LogP contribution in [0.15, 0.2) is 53.7 Å². The second-order valence-corrected chi connectivity index (χ2v) is 8.07. The van der Waals surface area contributed by atoms with Crippen LogP contribution in [-0.4, -0.2) is 53.1 Å². The molecule has 8 nitrogen and oxygen atoms in total. The Morgan fingerprint density at radius 1 is 1.03 bits per heavy atom. The zero-order chi connectivity index (χ0) is 23.1. The van der Waals surface area contributed by atoms with Crippen molar-refractivity contribution in [2.45, 2.75) is 25.5 Å². The van der Waals surface area contributed by atoms with Gasteiger partial charge in [-0.15, -0.1) is 10.2 Å². The van der Waals surface area contributed by atoms with Gasteiger partial charge in [-0.1, -0.05) is 11.8 Å². The molecule has 168 valence electrons. The van der Waals surface area contributed by atoms with E-state index in [4.69, 9.17) is 4.74 Å². The Kier molecular flexibility index (Phi) is 7.88. The molecule has 1 heterocycles. The number of benzene rings is 2. The molecule has 1 N–H and O–H groups in total. The molecule has 0 unspecified atom stereocenters. The van der Waals surface area contributed by atoms with Crippen molar-refractivity contribution in [2.24, 2.45) is 0 Å². The van der Waals surface area contributed by atoms with Crippen LogP contribution in [0.2, 0.25) is 0 Å². The molecule has 3 aromatic rings. The number of carbonyl (C=O) groups excluding carboxylic acids is 2. The van der Waals surface area contributed by atoms with Crippen molar-refractivity contribution in [3.05, 3.63) is 54.1 Å². The fourth-order valence-corrected chi connectivity index (χ4v) is 3.84. The summed E-state index contributed by atoms with van der Waals surface area (Å²) < 4.78 is 6.96. The van der Waals surface area contributed by atoms with E-state index in [1.54, 1.807) is 31.2 Å². The highest BCUT2D eigenvalue weighted by molar-refractivity contribution is 7.99. The number of hydrogen-bond donors (Lipinski definition) is 1. The van der Waals surface area contributed by atoms with Gasteiger partial charge in [0.15, 0.2) is 11.0 Å². The van der Waals surface area contributed by atoms with E-state index in [-0.39, 0.29) is 17.6 Å². The van der Waals surface area contributed by atoms with Gasteiger partial charge in [-0.2, -0.15) is 0 Å². The molecule has 2 aromatic carbocycles. The van der Waals surface area contributed by atoms with Gasteiger partial charge in [0.2, 0.25) is 5.91 Å². The van der Waals surface area contributed by atoms with Gasteiger partial charge in [0.1, 0.15) is 0 Å². The molecule has 0 aliphatic rings. The number of aromatic nitrogens is 3. The monoisotopic (exact) mass is 453 g/mol. The Morgan fingerprint density at radius 2 is 1.72 bits per heavy atom. The molecule has 0 spiro atoms. The smallest absolute Gasteiger partial charge is 0.338 e. The van der Waals surface area contributed by atoms with Crippen molar-refractivity contribution in [3.8, 4) is 11.4 Å². The minimum atomic E-state index is -0.382. The van der Waals surface area contributed by atoms with Crippen LogP contribution in [-0.2, 0) is 16.1 Å². The highest BCUT2D eigenvalue weighted by atomic mass is 32.2. The third kappa shape index (κ3) is 5.67. The van der Waals surface area contributed by atoms with E-state index >= 15 is 0 Å². The molecule has 0 atom stereocenters. The number of thioether (sulfide) groups is 1. The summed E-state index contributed by atoms with van der Waals surface area (Å²) in [5.41, 5.74) is 3.14. The zero-order valence-corrected chi connectivity index (χ0v) is 19.5. The number of ether oxygens (including phenoxy) is 1. The van der Waals surface area contributed by atoms with Gasteiger partial charge in [0, 0.05) is 37.6 Å². The number of carbonyl (C=O) groups is 2. The normalized spacial score (nSPS) is 10.6. The summed E-state index contributed by atoms with van der Waals surface area (Å²) in [6, 6.07) is 14.7. The lowest BCUT2D eigenvalue weighted by atomic mass is 10.2. The van der Waals surface area contributed by atoms with Crippen LogP contribution < -0.4 is 10.2 Å². The van der Waals surface area contributed by atoms with Gasteiger partial charge in [-0.3, -0.25) is 4.79 Å². The van der Waals surface area contributed by atoms with E-state index in [2.05, 4.69) is 15.5 Å². The fraction of sp³-hybridized carbons (Fsp3) is 0.304. The van der Waals surface area contributed by atoms with Crippen LogP contribution in [0.4, 0.5) is 11.4 Å². The Balaban J connectivity index is 1.62. The molecule has 9 heteroatoms. The molecule has 1 aromatic heterocycles. The van der Waals surface area contributed by atoms with Crippen molar-refractivity contribution in [1.29, 1.82) is 0 Å². The molecule has 0 aliphatic heterocycles. The third-order valence-electron chi connectivity index (χ3n) is 4.69. The number of amides is 1. The van der Waals surface area contributed by atoms with Gasteiger partial charge in [-0.25, -0.2) is 4.79 Å². The summed E-state index contributed by atoms with van der Waals surface area (Å²) >= 11 is 1.33. The van der Waals surface area contributed by atoms with Crippen LogP contribution in [0.1, 0.15) is 24.2 Å². The number of esters is 1. The number of hydrogen-bond acceptors (Lipinski definition) is 7. The lowest BCUT2D eigenvalue weighted by Crippen LogP contribution is -2.15. The van der Waals surface area contributed by atoms with Gasteiger partial charge in [0.25, 0.3) is 0 Å². The zero-order valence-electron chi connectivity index (χ0n) is 18.7. The topological polar surface area (TPSA) is 89.3 Å². The van der Waals surface area contributed by atoms with Crippen molar-refractivity contribution in [2.75, 3.05) is 36.7 Å². The van der Waals surface area contributed by atoms with Gasteiger partial charge in [-0.05, 0) is 62.4 Å². The van der Waals surface area contributed by atoms with Crippen LogP contribution in [0.5, 0.6) is 0 Å². The van der Waals surface area contributed by atoms with Gasteiger partial charge in [0.05, 0.1) is 17.9 Å². The molecule has 0 fully saturated rings. The van der Waals surface area contributed by atoms with E-state index in [0.29, 0.717) is 29.6 Å². The minimum absolute atomic E-state index is 0.165. The SMILES string of the molecule is CCOC(=O)c1ccc(NC(=O)CSc2nnc(-c3ccc(N(C)C)cc3)n2CC)cc1. The predicted molar refractivity (Wildman–Crippen MR) is 127 cm³/mol. The predicted octanol–water partition coefficient (Wildman–Crippen LogP) is 3.94. The third-order valence-corrected chi connectivity index (χ3v) is 5.65. The van der Waals surface area contributed by atoms with Crippen LogP contribution in [0.3, 0.4) is 0 Å². The maximum absolute atomic E-state index is 12.4. The van der Waals surface area contributed by atoms with Gasteiger partial charge < -0.3 is 19.5 Å². The molecule has 0 bridgehead atoms. The Morgan fingerprint density at radius 3 is 2.31 bits per heavy atom. The summed E-state index contributed by atoms with van der Waals surface area (Å²) in [6.07, 6.45) is 0. The highest BCUT2D eigenvalue weighted by Gasteiger charge is 2.15. The molecule has 0 saturated heterocycles. The molecule has 3 rings (SSSR count). The maximum Gasteiger partial charge on any atom is 0.338 e. The molecule has 32 heavy (non-hydrogen) atoms. The first-order valence-corrected chi connectivity index (χ1v) is 11.3. The van der Waals surface area contributed by atoms with E-state index in [1.807, 2.05) is 54.8 Å². The summed E-state index contributed by atoms with van der Waals surface area (Å²) in [6.45, 7) is 4.79. The first-order chi connectivity index (χ1) is 15.4. The fourth-order valence-electron chi connectivity index (χ4n) is 3.03. The summed E-state index contributed by atoms with van der Waals surface area (Å²) in [7, 11) is 4.00. The van der Waals surface area contributed by atoms with Crippen LogP contribution in [0, 0.1) is 0 Å². The maximum atomic E-state index is 12.4. The van der Waals surface area contributed by atoms with E-state index < -0.39 is 0 Å². The summed E-state index contributed by atoms with van der Waals surface area (Å²) in [5, 5.41) is 12.1. The Hall–Kier alpha value is -3.33. The van der Waals surface area contributed by atoms with Crippen molar-refractivity contribution in [3.63, 3.8) is 0 Å². The minimum Gasteiger partial charge on any atom is -0.462 e. The average Bonchev–Trinajstić information content (AvgIpc) is 3.21. The lowest BCUT2D eigenvalue weighted by molar-refractivity contribution is -0.113. The van der Waals surface area contributed by atoms with E-state index in [1.165, 1.54) is 11.8 Å². The second kappa shape index (κ2) is 10.8. The summed E-state index contributed by atoms with van der Waals surface area (Å²) in [4.78, 5) is 26.2. The lowest BCUT2D eigenvalue weighted by Gasteiger charge is -2.13. The van der Waals surface area contributed by atoms with Crippen LogP contribution in [0.25, 0.3) is 11.4 Å². The number of nitrogens with one attached hydrogen (secondary N) is 1. The van der Waals surface area contributed by atoms with E-state index in [9.17, 15) is 9.59 Å². The Bertz CT molecular complexity index is 1060. The standard InChI is InChI=1S/C23H27N5O3S/c1-5-28-21(16-9-13-19(14-10-16)27(3)4)25-26-23(28)32-15-20(29)24-18-11-7-17(8-12-18)22(30)31-6-2/h7-14H,5-6,15H2,1-4H3,(H,24,29). The number of rotatable bonds is 9. The van der Waals surface area contributed by atoms with Crippen LogP contribution >= 0.6 is 11.8 Å².